The molecule has 0 radical (unpaired) electrons. The molecular formula is C21H30O2. The number of carbonyl (C=O) groups is 1. The van der Waals surface area contributed by atoms with Gasteiger partial charge in [-0.05, 0) is 88.3 Å². The van der Waals surface area contributed by atoms with Crippen LogP contribution in [-0.4, -0.2) is 17.0 Å². The molecule has 126 valence electrons. The predicted molar refractivity (Wildman–Crippen MR) is 93.7 cm³/mol. The van der Waals surface area contributed by atoms with E-state index in [2.05, 4.69) is 32.9 Å². The number of aryl methyl sites for hydroxylation is 3. The van der Waals surface area contributed by atoms with Crippen molar-refractivity contribution in [1.82, 2.24) is 0 Å². The van der Waals surface area contributed by atoms with Crippen molar-refractivity contribution in [2.45, 2.75) is 77.7 Å². The summed E-state index contributed by atoms with van der Waals surface area (Å²) in [6.07, 6.45) is 7.05. The van der Waals surface area contributed by atoms with E-state index in [1.54, 1.807) is 0 Å². The van der Waals surface area contributed by atoms with Gasteiger partial charge >= 0.3 is 0 Å². The highest BCUT2D eigenvalue weighted by atomic mass is 16.3. The van der Waals surface area contributed by atoms with Crippen molar-refractivity contribution in [2.75, 3.05) is 0 Å². The molecule has 1 aromatic carbocycles. The SMILES string of the molecule is Cc1cc(C)c(C2CCC(CC3CCC(O)CC3)C2=O)c(C)c1. The van der Waals surface area contributed by atoms with Gasteiger partial charge < -0.3 is 5.11 Å². The normalized spacial score (nSPS) is 31.6. The third-order valence-corrected chi connectivity index (χ3v) is 6.07. The van der Waals surface area contributed by atoms with E-state index in [4.69, 9.17) is 0 Å². The average molecular weight is 314 g/mol. The van der Waals surface area contributed by atoms with Gasteiger partial charge in [0, 0.05) is 11.8 Å². The first-order valence-electron chi connectivity index (χ1n) is 9.25. The summed E-state index contributed by atoms with van der Waals surface area (Å²) in [5.41, 5.74) is 5.14. The zero-order valence-corrected chi connectivity index (χ0v) is 14.8. The topological polar surface area (TPSA) is 37.3 Å². The number of benzene rings is 1. The highest BCUT2D eigenvalue weighted by molar-refractivity contribution is 5.90. The number of Topliss-reactive ketones (excluding diaryl/α,β-unsaturated/α-hetero) is 1. The van der Waals surface area contributed by atoms with Crippen LogP contribution in [0.15, 0.2) is 12.1 Å². The lowest BCUT2D eigenvalue weighted by molar-refractivity contribution is -0.122. The molecule has 0 aromatic heterocycles. The Bertz CT molecular complexity index is 558. The van der Waals surface area contributed by atoms with Crippen LogP contribution in [0.1, 0.15) is 73.1 Å². The summed E-state index contributed by atoms with van der Waals surface area (Å²) >= 11 is 0. The Labute approximate surface area is 140 Å². The van der Waals surface area contributed by atoms with Crippen molar-refractivity contribution in [1.29, 1.82) is 0 Å². The number of ketones is 1. The van der Waals surface area contributed by atoms with Gasteiger partial charge in [-0.25, -0.2) is 0 Å². The Morgan fingerprint density at radius 2 is 1.57 bits per heavy atom. The lowest BCUT2D eigenvalue weighted by atomic mass is 9.80. The molecule has 1 aromatic rings. The van der Waals surface area contributed by atoms with Gasteiger partial charge in [0.2, 0.25) is 0 Å². The van der Waals surface area contributed by atoms with Crippen LogP contribution < -0.4 is 0 Å². The standard InChI is InChI=1S/C21H30O2/c1-13-10-14(2)20(15(3)11-13)19-9-6-17(21(19)23)12-16-4-7-18(22)8-5-16/h10-11,16-19,22H,4-9,12H2,1-3H3. The second-order valence-corrected chi connectivity index (χ2v) is 7.95. The molecule has 2 atom stereocenters. The van der Waals surface area contributed by atoms with Crippen molar-refractivity contribution in [2.24, 2.45) is 11.8 Å². The van der Waals surface area contributed by atoms with Crippen molar-refractivity contribution in [3.63, 3.8) is 0 Å². The summed E-state index contributed by atoms with van der Waals surface area (Å²) in [4.78, 5) is 13.0. The maximum absolute atomic E-state index is 13.0. The van der Waals surface area contributed by atoms with Crippen LogP contribution in [0, 0.1) is 32.6 Å². The molecule has 2 aliphatic rings. The molecule has 1 N–H and O–H groups in total. The molecule has 3 rings (SSSR count). The van der Waals surface area contributed by atoms with E-state index in [0.717, 1.165) is 44.9 Å². The van der Waals surface area contributed by atoms with E-state index in [-0.39, 0.29) is 17.9 Å². The van der Waals surface area contributed by atoms with E-state index >= 15 is 0 Å². The Balaban J connectivity index is 1.70. The number of hydrogen-bond donors (Lipinski definition) is 1. The molecule has 0 spiro atoms. The fourth-order valence-electron chi connectivity index (χ4n) is 4.98. The molecule has 2 aliphatic carbocycles. The summed E-state index contributed by atoms with van der Waals surface area (Å²) in [7, 11) is 0. The summed E-state index contributed by atoms with van der Waals surface area (Å²) in [6, 6.07) is 4.43. The smallest absolute Gasteiger partial charge is 0.143 e. The molecule has 2 nitrogen and oxygen atoms in total. The second kappa shape index (κ2) is 6.76. The van der Waals surface area contributed by atoms with Gasteiger partial charge in [0.15, 0.2) is 0 Å². The van der Waals surface area contributed by atoms with Crippen LogP contribution in [0.4, 0.5) is 0 Å². The largest absolute Gasteiger partial charge is 0.393 e. The van der Waals surface area contributed by atoms with Crippen LogP contribution in [0.25, 0.3) is 0 Å². The quantitative estimate of drug-likeness (QED) is 0.884. The number of carbonyl (C=O) groups excluding carboxylic acids is 1. The number of aliphatic hydroxyl groups excluding tert-OH is 1. The van der Waals surface area contributed by atoms with Gasteiger partial charge in [-0.3, -0.25) is 4.79 Å². The Hall–Kier alpha value is -1.15. The van der Waals surface area contributed by atoms with Gasteiger partial charge in [0.1, 0.15) is 5.78 Å². The summed E-state index contributed by atoms with van der Waals surface area (Å²) in [5, 5.41) is 9.65. The van der Waals surface area contributed by atoms with E-state index in [9.17, 15) is 9.90 Å². The second-order valence-electron chi connectivity index (χ2n) is 7.95. The number of rotatable bonds is 3. The molecule has 2 fully saturated rings. The molecule has 0 heterocycles. The molecular weight excluding hydrogens is 284 g/mol. The number of hydrogen-bond acceptors (Lipinski definition) is 2. The fraction of sp³-hybridized carbons (Fsp3) is 0.667. The lowest BCUT2D eigenvalue weighted by Gasteiger charge is -2.27. The molecule has 0 amide bonds. The molecule has 0 bridgehead atoms. The fourth-order valence-corrected chi connectivity index (χ4v) is 4.98. The van der Waals surface area contributed by atoms with E-state index in [0.29, 0.717) is 11.7 Å². The van der Waals surface area contributed by atoms with Crippen molar-refractivity contribution in [3.8, 4) is 0 Å². The first-order chi connectivity index (χ1) is 11.0. The molecule has 2 unspecified atom stereocenters. The third-order valence-electron chi connectivity index (χ3n) is 6.07. The van der Waals surface area contributed by atoms with Crippen molar-refractivity contribution in [3.05, 3.63) is 34.4 Å². The van der Waals surface area contributed by atoms with Gasteiger partial charge in [-0.1, -0.05) is 17.7 Å². The van der Waals surface area contributed by atoms with Crippen LogP contribution in [0.5, 0.6) is 0 Å². The first kappa shape index (κ1) is 16.7. The highest BCUT2D eigenvalue weighted by Gasteiger charge is 2.37. The minimum Gasteiger partial charge on any atom is -0.393 e. The Morgan fingerprint density at radius 1 is 0.957 bits per heavy atom. The highest BCUT2D eigenvalue weighted by Crippen LogP contribution is 2.42. The zero-order chi connectivity index (χ0) is 16.6. The van der Waals surface area contributed by atoms with Gasteiger partial charge in [0.05, 0.1) is 6.10 Å². The van der Waals surface area contributed by atoms with E-state index in [1.807, 2.05) is 0 Å². The molecule has 0 saturated heterocycles. The summed E-state index contributed by atoms with van der Waals surface area (Å²) in [5.74, 6) is 1.49. The van der Waals surface area contributed by atoms with Gasteiger partial charge in [0.25, 0.3) is 0 Å². The van der Waals surface area contributed by atoms with Crippen LogP contribution >= 0.6 is 0 Å². The maximum atomic E-state index is 13.0. The molecule has 2 heteroatoms. The number of aliphatic hydroxyl groups is 1. The molecule has 23 heavy (non-hydrogen) atoms. The minimum absolute atomic E-state index is 0.101. The maximum Gasteiger partial charge on any atom is 0.143 e. The molecule has 2 saturated carbocycles. The van der Waals surface area contributed by atoms with Crippen LogP contribution in [-0.2, 0) is 4.79 Å². The Morgan fingerprint density at radius 3 is 2.17 bits per heavy atom. The van der Waals surface area contributed by atoms with Crippen LogP contribution in [0.2, 0.25) is 0 Å². The van der Waals surface area contributed by atoms with E-state index < -0.39 is 0 Å². The summed E-state index contributed by atoms with van der Waals surface area (Å²) in [6.45, 7) is 6.43. The van der Waals surface area contributed by atoms with E-state index in [1.165, 1.54) is 22.3 Å². The average Bonchev–Trinajstić information content (AvgIpc) is 2.82. The third kappa shape index (κ3) is 3.52. The van der Waals surface area contributed by atoms with Gasteiger partial charge in [-0.15, -0.1) is 0 Å². The van der Waals surface area contributed by atoms with Crippen LogP contribution in [0.3, 0.4) is 0 Å². The lowest BCUT2D eigenvalue weighted by Crippen LogP contribution is -2.22. The summed E-state index contributed by atoms with van der Waals surface area (Å²) < 4.78 is 0. The first-order valence-corrected chi connectivity index (χ1v) is 9.25. The van der Waals surface area contributed by atoms with Crippen molar-refractivity contribution >= 4 is 5.78 Å². The van der Waals surface area contributed by atoms with Gasteiger partial charge in [-0.2, -0.15) is 0 Å². The minimum atomic E-state index is -0.101. The predicted octanol–water partition coefficient (Wildman–Crippen LogP) is 4.62. The molecule has 0 aliphatic heterocycles. The Kier molecular flexibility index (Phi) is 4.91. The monoisotopic (exact) mass is 314 g/mol. The van der Waals surface area contributed by atoms with Crippen molar-refractivity contribution < 1.29 is 9.90 Å². The zero-order valence-electron chi connectivity index (χ0n) is 14.8.